The van der Waals surface area contributed by atoms with Crippen molar-refractivity contribution >= 4 is 11.8 Å². The number of furan rings is 2. The van der Waals surface area contributed by atoms with Crippen LogP contribution in [-0.2, 0) is 11.3 Å². The van der Waals surface area contributed by atoms with Gasteiger partial charge in [0.1, 0.15) is 11.5 Å². The smallest absolute Gasteiger partial charge is 0.286 e. The van der Waals surface area contributed by atoms with E-state index in [2.05, 4.69) is 5.32 Å². The molecule has 2 rings (SSSR count). The SMILES string of the molecule is Cc1ccc(CN(C)C(=O)CCNC(=O)c2ccco2)o1. The van der Waals surface area contributed by atoms with Gasteiger partial charge < -0.3 is 19.1 Å². The molecule has 6 nitrogen and oxygen atoms in total. The first-order chi connectivity index (χ1) is 10.1. The van der Waals surface area contributed by atoms with Gasteiger partial charge in [-0.05, 0) is 31.2 Å². The summed E-state index contributed by atoms with van der Waals surface area (Å²) in [5.41, 5.74) is 0. The Balaban J connectivity index is 1.72. The van der Waals surface area contributed by atoms with Gasteiger partial charge in [-0.1, -0.05) is 0 Å². The lowest BCUT2D eigenvalue weighted by Crippen LogP contribution is -2.31. The Hall–Kier alpha value is -2.50. The Labute approximate surface area is 122 Å². The van der Waals surface area contributed by atoms with E-state index in [1.165, 1.54) is 6.26 Å². The number of nitrogens with zero attached hydrogens (tertiary/aromatic N) is 1. The minimum Gasteiger partial charge on any atom is -0.464 e. The van der Waals surface area contributed by atoms with Crippen LogP contribution in [0.15, 0.2) is 39.4 Å². The molecule has 0 atom stereocenters. The van der Waals surface area contributed by atoms with Gasteiger partial charge >= 0.3 is 0 Å². The lowest BCUT2D eigenvalue weighted by atomic mass is 10.3. The van der Waals surface area contributed by atoms with E-state index in [1.807, 2.05) is 19.1 Å². The summed E-state index contributed by atoms with van der Waals surface area (Å²) in [6.45, 7) is 2.54. The van der Waals surface area contributed by atoms with Crippen molar-refractivity contribution in [2.45, 2.75) is 19.9 Å². The molecule has 0 spiro atoms. The number of hydrogen-bond donors (Lipinski definition) is 1. The predicted octanol–water partition coefficient (Wildman–Crippen LogP) is 1.96. The number of rotatable bonds is 6. The molecule has 0 saturated heterocycles. The maximum absolute atomic E-state index is 11.9. The second kappa shape index (κ2) is 6.78. The van der Waals surface area contributed by atoms with Crippen LogP contribution in [0, 0.1) is 6.92 Å². The highest BCUT2D eigenvalue weighted by Crippen LogP contribution is 2.09. The zero-order chi connectivity index (χ0) is 15.2. The molecule has 1 N–H and O–H groups in total. The third-order valence-electron chi connectivity index (χ3n) is 2.98. The molecular weight excluding hydrogens is 272 g/mol. The largest absolute Gasteiger partial charge is 0.464 e. The van der Waals surface area contributed by atoms with Crippen LogP contribution in [0.25, 0.3) is 0 Å². The minimum absolute atomic E-state index is 0.0659. The minimum atomic E-state index is -0.322. The summed E-state index contributed by atoms with van der Waals surface area (Å²) in [5.74, 6) is 1.40. The first-order valence-corrected chi connectivity index (χ1v) is 6.67. The summed E-state index contributed by atoms with van der Waals surface area (Å²) in [4.78, 5) is 25.1. The van der Waals surface area contributed by atoms with E-state index in [-0.39, 0.29) is 30.5 Å². The molecule has 0 aliphatic heterocycles. The van der Waals surface area contributed by atoms with Crippen LogP contribution in [0.5, 0.6) is 0 Å². The van der Waals surface area contributed by atoms with Crippen molar-refractivity contribution in [3.05, 3.63) is 47.8 Å². The number of hydrogen-bond acceptors (Lipinski definition) is 4. The van der Waals surface area contributed by atoms with Gasteiger partial charge in [-0.15, -0.1) is 0 Å². The summed E-state index contributed by atoms with van der Waals surface area (Å²) in [6, 6.07) is 6.91. The van der Waals surface area contributed by atoms with Crippen molar-refractivity contribution in [2.24, 2.45) is 0 Å². The van der Waals surface area contributed by atoms with Crippen molar-refractivity contribution in [1.82, 2.24) is 10.2 Å². The molecule has 2 aromatic rings. The lowest BCUT2D eigenvalue weighted by molar-refractivity contribution is -0.130. The summed E-state index contributed by atoms with van der Waals surface area (Å²) in [5, 5.41) is 2.64. The molecule has 112 valence electrons. The normalized spacial score (nSPS) is 10.4. The Morgan fingerprint density at radius 2 is 2.10 bits per heavy atom. The van der Waals surface area contributed by atoms with E-state index in [9.17, 15) is 9.59 Å². The average Bonchev–Trinajstić information content (AvgIpc) is 3.10. The van der Waals surface area contributed by atoms with Crippen LogP contribution in [0.1, 0.15) is 28.5 Å². The lowest BCUT2D eigenvalue weighted by Gasteiger charge is -2.15. The van der Waals surface area contributed by atoms with E-state index in [4.69, 9.17) is 8.83 Å². The number of amides is 2. The van der Waals surface area contributed by atoms with Crippen LogP contribution in [0.4, 0.5) is 0 Å². The van der Waals surface area contributed by atoms with Crippen molar-refractivity contribution in [1.29, 1.82) is 0 Å². The fourth-order valence-electron chi connectivity index (χ4n) is 1.86. The average molecular weight is 290 g/mol. The number of carbonyl (C=O) groups excluding carboxylic acids is 2. The number of aryl methyl sites for hydroxylation is 1. The van der Waals surface area contributed by atoms with Crippen molar-refractivity contribution < 1.29 is 18.4 Å². The second-order valence-corrected chi connectivity index (χ2v) is 4.75. The first-order valence-electron chi connectivity index (χ1n) is 6.67. The van der Waals surface area contributed by atoms with Gasteiger partial charge in [0, 0.05) is 20.0 Å². The topological polar surface area (TPSA) is 75.7 Å². The van der Waals surface area contributed by atoms with E-state index in [0.717, 1.165) is 11.5 Å². The Bertz CT molecular complexity index is 601. The van der Waals surface area contributed by atoms with E-state index in [1.54, 1.807) is 24.1 Å². The number of nitrogens with one attached hydrogen (secondary N) is 1. The molecule has 0 fully saturated rings. The van der Waals surface area contributed by atoms with Gasteiger partial charge in [0.25, 0.3) is 5.91 Å². The molecule has 0 radical (unpaired) electrons. The zero-order valence-corrected chi connectivity index (χ0v) is 12.1. The number of carbonyl (C=O) groups is 2. The summed E-state index contributed by atoms with van der Waals surface area (Å²) < 4.78 is 10.4. The van der Waals surface area contributed by atoms with Crippen LogP contribution in [0.2, 0.25) is 0 Å². The fraction of sp³-hybridized carbons (Fsp3) is 0.333. The van der Waals surface area contributed by atoms with Gasteiger partial charge in [-0.2, -0.15) is 0 Å². The van der Waals surface area contributed by atoms with E-state index in [0.29, 0.717) is 6.54 Å². The Morgan fingerprint density at radius 1 is 1.29 bits per heavy atom. The monoisotopic (exact) mass is 290 g/mol. The van der Waals surface area contributed by atoms with Crippen molar-refractivity contribution in [3.63, 3.8) is 0 Å². The molecule has 2 heterocycles. The van der Waals surface area contributed by atoms with Gasteiger partial charge in [-0.3, -0.25) is 9.59 Å². The Kier molecular flexibility index (Phi) is 4.81. The molecule has 0 aromatic carbocycles. The molecule has 0 saturated carbocycles. The van der Waals surface area contributed by atoms with Crippen LogP contribution in [0.3, 0.4) is 0 Å². The van der Waals surface area contributed by atoms with Gasteiger partial charge in [0.15, 0.2) is 5.76 Å². The van der Waals surface area contributed by atoms with Gasteiger partial charge in [0.2, 0.25) is 5.91 Å². The third-order valence-corrected chi connectivity index (χ3v) is 2.98. The standard InChI is InChI=1S/C15H18N2O4/c1-11-5-6-12(21-11)10-17(2)14(18)7-8-16-15(19)13-4-3-9-20-13/h3-6,9H,7-8,10H2,1-2H3,(H,16,19). The molecule has 0 aliphatic carbocycles. The molecule has 0 aliphatic rings. The third kappa shape index (κ3) is 4.24. The van der Waals surface area contributed by atoms with Crippen molar-refractivity contribution in [3.8, 4) is 0 Å². The van der Waals surface area contributed by atoms with Gasteiger partial charge in [0.05, 0.1) is 12.8 Å². The van der Waals surface area contributed by atoms with Gasteiger partial charge in [-0.25, -0.2) is 0 Å². The zero-order valence-electron chi connectivity index (χ0n) is 12.1. The molecule has 0 bridgehead atoms. The highest BCUT2D eigenvalue weighted by Gasteiger charge is 2.13. The second-order valence-electron chi connectivity index (χ2n) is 4.75. The highest BCUT2D eigenvalue weighted by atomic mass is 16.3. The van der Waals surface area contributed by atoms with Crippen LogP contribution < -0.4 is 5.32 Å². The molecular formula is C15H18N2O4. The molecule has 2 aromatic heterocycles. The molecule has 0 unspecified atom stereocenters. The predicted molar refractivity (Wildman–Crippen MR) is 75.6 cm³/mol. The molecule has 21 heavy (non-hydrogen) atoms. The quantitative estimate of drug-likeness (QED) is 0.882. The first kappa shape index (κ1) is 14.9. The molecule has 6 heteroatoms. The summed E-state index contributed by atoms with van der Waals surface area (Å²) in [6.07, 6.45) is 1.65. The summed E-state index contributed by atoms with van der Waals surface area (Å²) >= 11 is 0. The van der Waals surface area contributed by atoms with Crippen molar-refractivity contribution in [2.75, 3.05) is 13.6 Å². The fourth-order valence-corrected chi connectivity index (χ4v) is 1.86. The highest BCUT2D eigenvalue weighted by molar-refractivity contribution is 5.91. The molecule has 2 amide bonds. The van der Waals surface area contributed by atoms with Crippen LogP contribution in [-0.4, -0.2) is 30.3 Å². The maximum atomic E-state index is 11.9. The maximum Gasteiger partial charge on any atom is 0.286 e. The van der Waals surface area contributed by atoms with Crippen LogP contribution >= 0.6 is 0 Å². The summed E-state index contributed by atoms with van der Waals surface area (Å²) in [7, 11) is 1.70. The Morgan fingerprint density at radius 3 is 2.71 bits per heavy atom. The van der Waals surface area contributed by atoms with E-state index >= 15 is 0 Å². The van der Waals surface area contributed by atoms with E-state index < -0.39 is 0 Å².